The summed E-state index contributed by atoms with van der Waals surface area (Å²) >= 11 is 0. The lowest BCUT2D eigenvalue weighted by Gasteiger charge is -2.45. The standard InChI is InChI=1S/C55H36N2O/c1-5-18-37(19-6-1)42-34-35-44-43-33-32-41(56(39-22-9-3-10-23-39)49-29-17-31-51-52(49)45-26-13-16-30-50(45)58-51)36-47(43)55(38-20-7-2-8-21-38)46-27-14-15-28-48(46)57(54(42)53(44)55)40-24-11-4-12-25-40/h1-36H. The molecule has 272 valence electrons. The molecule has 3 nitrogen and oxygen atoms in total. The van der Waals surface area contributed by atoms with Gasteiger partial charge >= 0.3 is 0 Å². The summed E-state index contributed by atoms with van der Waals surface area (Å²) in [6.45, 7) is 0. The van der Waals surface area contributed by atoms with Crippen molar-refractivity contribution < 1.29 is 4.42 Å². The third-order valence-corrected chi connectivity index (χ3v) is 12.2. The topological polar surface area (TPSA) is 19.6 Å². The molecule has 0 bridgehead atoms. The number of para-hydroxylation sites is 4. The monoisotopic (exact) mass is 740 g/mol. The van der Waals surface area contributed by atoms with Crippen LogP contribution in [0.4, 0.5) is 34.1 Å². The minimum Gasteiger partial charge on any atom is -0.456 e. The van der Waals surface area contributed by atoms with E-state index < -0.39 is 5.41 Å². The molecule has 0 spiro atoms. The number of rotatable bonds is 6. The predicted octanol–water partition coefficient (Wildman–Crippen LogP) is 14.9. The second-order valence-corrected chi connectivity index (χ2v) is 15.2. The molecule has 0 saturated heterocycles. The predicted molar refractivity (Wildman–Crippen MR) is 239 cm³/mol. The SMILES string of the molecule is c1ccc(-c2ccc3c4c2N(c2ccccc2)c2ccccc2C4(c2ccccc2)c2cc(N(c4ccccc4)c4cccc5oc6ccccc6c45)ccc2-3)cc1. The van der Waals surface area contributed by atoms with E-state index in [0.717, 1.165) is 44.7 Å². The van der Waals surface area contributed by atoms with Gasteiger partial charge in [-0.05, 0) is 94.0 Å². The first kappa shape index (κ1) is 32.6. The van der Waals surface area contributed by atoms with Gasteiger partial charge in [0.05, 0.1) is 27.9 Å². The molecule has 1 aromatic heterocycles. The Bertz CT molecular complexity index is 3170. The van der Waals surface area contributed by atoms with Crippen LogP contribution in [0.5, 0.6) is 0 Å². The highest BCUT2D eigenvalue weighted by atomic mass is 16.3. The fraction of sp³-hybridized carbons (Fsp3) is 0.0182. The van der Waals surface area contributed by atoms with Crippen LogP contribution in [0.2, 0.25) is 0 Å². The van der Waals surface area contributed by atoms with Gasteiger partial charge < -0.3 is 14.2 Å². The highest BCUT2D eigenvalue weighted by molar-refractivity contribution is 6.13. The minimum atomic E-state index is -0.624. The van der Waals surface area contributed by atoms with Gasteiger partial charge in [0, 0.05) is 33.6 Å². The Balaban J connectivity index is 1.20. The van der Waals surface area contributed by atoms with Gasteiger partial charge in [0.15, 0.2) is 0 Å². The zero-order chi connectivity index (χ0) is 38.2. The van der Waals surface area contributed by atoms with E-state index >= 15 is 0 Å². The maximum absolute atomic E-state index is 6.46. The zero-order valence-corrected chi connectivity index (χ0v) is 31.6. The molecule has 0 saturated carbocycles. The van der Waals surface area contributed by atoms with Crippen molar-refractivity contribution in [2.45, 2.75) is 5.41 Å². The first-order chi connectivity index (χ1) is 28.8. The fourth-order valence-electron chi connectivity index (χ4n) is 9.95. The van der Waals surface area contributed by atoms with Crippen LogP contribution in [0.25, 0.3) is 44.2 Å². The summed E-state index contributed by atoms with van der Waals surface area (Å²) in [6.07, 6.45) is 0. The molecule has 0 N–H and O–H groups in total. The van der Waals surface area contributed by atoms with Gasteiger partial charge in [-0.25, -0.2) is 0 Å². The molecule has 3 heteroatoms. The molecule has 0 radical (unpaired) electrons. The van der Waals surface area contributed by atoms with Crippen molar-refractivity contribution >= 4 is 56.1 Å². The van der Waals surface area contributed by atoms with Crippen LogP contribution in [0.15, 0.2) is 223 Å². The van der Waals surface area contributed by atoms with Crippen molar-refractivity contribution in [2.75, 3.05) is 9.80 Å². The molecule has 2 aliphatic rings. The van der Waals surface area contributed by atoms with Gasteiger partial charge in [-0.2, -0.15) is 0 Å². The Hall–Kier alpha value is -7.62. The van der Waals surface area contributed by atoms with E-state index in [9.17, 15) is 0 Å². The van der Waals surface area contributed by atoms with Crippen molar-refractivity contribution in [1.29, 1.82) is 0 Å². The van der Waals surface area contributed by atoms with Crippen LogP contribution in [-0.2, 0) is 5.41 Å². The molecule has 12 rings (SSSR count). The van der Waals surface area contributed by atoms with Crippen molar-refractivity contribution in [1.82, 2.24) is 0 Å². The van der Waals surface area contributed by atoms with Gasteiger partial charge in [-0.15, -0.1) is 0 Å². The summed E-state index contributed by atoms with van der Waals surface area (Å²) < 4.78 is 6.46. The Kier molecular flexibility index (Phi) is 7.14. The number of furan rings is 1. The van der Waals surface area contributed by atoms with Crippen LogP contribution in [-0.4, -0.2) is 0 Å². The number of fused-ring (bicyclic) bond motifs is 8. The molecule has 2 heterocycles. The highest BCUT2D eigenvalue weighted by Crippen LogP contribution is 2.67. The van der Waals surface area contributed by atoms with Crippen LogP contribution in [0, 0.1) is 0 Å². The number of benzene rings is 9. The molecule has 1 aliphatic heterocycles. The summed E-state index contributed by atoms with van der Waals surface area (Å²) in [5.74, 6) is 0. The Labute approximate surface area is 337 Å². The largest absolute Gasteiger partial charge is 0.456 e. The number of nitrogens with zero attached hydrogens (tertiary/aromatic N) is 2. The molecule has 0 amide bonds. The van der Waals surface area contributed by atoms with Gasteiger partial charge in [0.1, 0.15) is 11.2 Å². The van der Waals surface area contributed by atoms with Crippen molar-refractivity contribution in [3.8, 4) is 22.3 Å². The lowest BCUT2D eigenvalue weighted by Crippen LogP contribution is -2.36. The lowest BCUT2D eigenvalue weighted by atomic mass is 9.64. The molecule has 1 atom stereocenters. The molecule has 9 aromatic carbocycles. The summed E-state index contributed by atoms with van der Waals surface area (Å²) in [4.78, 5) is 4.92. The second kappa shape index (κ2) is 12.7. The molecular weight excluding hydrogens is 705 g/mol. The van der Waals surface area contributed by atoms with Crippen LogP contribution < -0.4 is 9.80 Å². The summed E-state index contributed by atoms with van der Waals surface area (Å²) in [7, 11) is 0. The van der Waals surface area contributed by atoms with Crippen LogP contribution >= 0.6 is 0 Å². The molecule has 58 heavy (non-hydrogen) atoms. The maximum atomic E-state index is 6.46. The van der Waals surface area contributed by atoms with E-state index in [1.165, 1.54) is 55.9 Å². The van der Waals surface area contributed by atoms with E-state index in [1.54, 1.807) is 0 Å². The van der Waals surface area contributed by atoms with E-state index in [4.69, 9.17) is 4.42 Å². The van der Waals surface area contributed by atoms with Gasteiger partial charge in [-0.3, -0.25) is 0 Å². The second-order valence-electron chi connectivity index (χ2n) is 15.2. The first-order valence-electron chi connectivity index (χ1n) is 19.9. The van der Waals surface area contributed by atoms with E-state index in [2.05, 4.69) is 222 Å². The Morgan fingerprint density at radius 3 is 1.90 bits per heavy atom. The Morgan fingerprint density at radius 1 is 0.448 bits per heavy atom. The summed E-state index contributed by atoms with van der Waals surface area (Å²) in [5, 5.41) is 2.20. The van der Waals surface area contributed by atoms with E-state index in [1.807, 2.05) is 6.07 Å². The molecule has 1 unspecified atom stereocenters. The summed E-state index contributed by atoms with van der Waals surface area (Å²) in [6, 6.07) is 79.3. The van der Waals surface area contributed by atoms with Gasteiger partial charge in [0.25, 0.3) is 0 Å². The fourth-order valence-corrected chi connectivity index (χ4v) is 9.95. The third-order valence-electron chi connectivity index (χ3n) is 12.2. The maximum Gasteiger partial charge on any atom is 0.137 e. The third kappa shape index (κ3) is 4.56. The average molecular weight is 741 g/mol. The van der Waals surface area contributed by atoms with Crippen molar-refractivity contribution in [3.05, 3.63) is 241 Å². The van der Waals surface area contributed by atoms with Crippen LogP contribution in [0.1, 0.15) is 22.3 Å². The number of hydrogen-bond donors (Lipinski definition) is 0. The van der Waals surface area contributed by atoms with E-state index in [-0.39, 0.29) is 0 Å². The van der Waals surface area contributed by atoms with Gasteiger partial charge in [-0.1, -0.05) is 158 Å². The van der Waals surface area contributed by atoms with Crippen LogP contribution in [0.3, 0.4) is 0 Å². The molecule has 1 aliphatic carbocycles. The average Bonchev–Trinajstić information content (AvgIpc) is 3.83. The number of hydrogen-bond acceptors (Lipinski definition) is 3. The summed E-state index contributed by atoms with van der Waals surface area (Å²) in [5.41, 5.74) is 17.9. The van der Waals surface area contributed by atoms with Crippen molar-refractivity contribution in [2.24, 2.45) is 0 Å². The Morgan fingerprint density at radius 2 is 1.09 bits per heavy atom. The normalized spacial score (nSPS) is 14.9. The first-order valence-corrected chi connectivity index (χ1v) is 19.9. The molecule has 10 aromatic rings. The molecular formula is C55H36N2O. The minimum absolute atomic E-state index is 0.624. The van der Waals surface area contributed by atoms with Crippen molar-refractivity contribution in [3.63, 3.8) is 0 Å². The van der Waals surface area contributed by atoms with Gasteiger partial charge in [0.2, 0.25) is 0 Å². The van der Waals surface area contributed by atoms with E-state index in [0.29, 0.717) is 0 Å². The highest BCUT2D eigenvalue weighted by Gasteiger charge is 2.53. The smallest absolute Gasteiger partial charge is 0.137 e. The quantitative estimate of drug-likeness (QED) is 0.169. The number of anilines is 6. The lowest BCUT2D eigenvalue weighted by molar-refractivity contribution is 0.669. The molecule has 0 fully saturated rings. The zero-order valence-electron chi connectivity index (χ0n) is 31.6.